The molecular weight excluding hydrogens is 328 g/mol. The summed E-state index contributed by atoms with van der Waals surface area (Å²) in [5.74, 6) is -0.0868. The minimum Gasteiger partial charge on any atom is -0.338 e. The minimum absolute atomic E-state index is 0. The van der Waals surface area contributed by atoms with Crippen LogP contribution in [0.2, 0.25) is 0 Å². The van der Waals surface area contributed by atoms with Crippen molar-refractivity contribution >= 4 is 30.0 Å². The third-order valence-corrected chi connectivity index (χ3v) is 4.22. The Kier molecular flexibility index (Phi) is 8.57. The number of nitrogens with two attached hydrogens (primary N) is 1. The predicted molar refractivity (Wildman–Crippen MR) is 98.3 cm³/mol. The van der Waals surface area contributed by atoms with Crippen molar-refractivity contribution in [3.63, 3.8) is 0 Å². The van der Waals surface area contributed by atoms with Crippen LogP contribution in [0.4, 0.5) is 10.5 Å². The fraction of sp³-hybridized carbons (Fsp3) is 0.529. The quantitative estimate of drug-likeness (QED) is 0.757. The van der Waals surface area contributed by atoms with Gasteiger partial charge < -0.3 is 21.3 Å². The first-order chi connectivity index (χ1) is 11.1. The van der Waals surface area contributed by atoms with Crippen LogP contribution in [0.25, 0.3) is 0 Å². The molecule has 24 heavy (non-hydrogen) atoms. The lowest BCUT2D eigenvalue weighted by atomic mass is 9.99. The lowest BCUT2D eigenvalue weighted by Crippen LogP contribution is -2.52. The lowest BCUT2D eigenvalue weighted by molar-refractivity contribution is -0.138. The van der Waals surface area contributed by atoms with Gasteiger partial charge in [-0.2, -0.15) is 0 Å². The van der Waals surface area contributed by atoms with E-state index in [0.717, 1.165) is 31.5 Å². The molecule has 0 radical (unpaired) electrons. The number of nitrogens with one attached hydrogen (secondary N) is 2. The van der Waals surface area contributed by atoms with Gasteiger partial charge in [0.15, 0.2) is 0 Å². The Morgan fingerprint density at radius 3 is 2.67 bits per heavy atom. The summed E-state index contributed by atoms with van der Waals surface area (Å²) in [5, 5.41) is 5.65. The van der Waals surface area contributed by atoms with Crippen molar-refractivity contribution in [3.8, 4) is 0 Å². The molecule has 1 aromatic rings. The second kappa shape index (κ2) is 10.2. The lowest BCUT2D eigenvalue weighted by Gasteiger charge is -2.37. The molecule has 2 rings (SSSR count). The van der Waals surface area contributed by atoms with E-state index < -0.39 is 0 Å². The van der Waals surface area contributed by atoms with E-state index in [4.69, 9.17) is 5.73 Å². The van der Waals surface area contributed by atoms with Gasteiger partial charge >= 0.3 is 6.03 Å². The number of rotatable bonds is 5. The van der Waals surface area contributed by atoms with Crippen molar-refractivity contribution in [1.82, 2.24) is 10.2 Å². The normalized spacial score (nSPS) is 18.2. The Labute approximate surface area is 149 Å². The largest absolute Gasteiger partial charge is 0.338 e. The maximum Gasteiger partial charge on any atom is 0.319 e. The number of urea groups is 1. The zero-order valence-electron chi connectivity index (χ0n) is 14.0. The van der Waals surface area contributed by atoms with Crippen LogP contribution in [0.5, 0.6) is 0 Å². The van der Waals surface area contributed by atoms with Crippen molar-refractivity contribution in [2.45, 2.75) is 32.2 Å². The highest BCUT2D eigenvalue weighted by molar-refractivity contribution is 5.89. The number of nitrogens with zero attached hydrogens (tertiary/aromatic N) is 1. The van der Waals surface area contributed by atoms with Gasteiger partial charge in [-0.25, -0.2) is 4.79 Å². The summed E-state index contributed by atoms with van der Waals surface area (Å²) in [5.41, 5.74) is 6.35. The first kappa shape index (κ1) is 20.3. The molecule has 0 spiro atoms. The van der Waals surface area contributed by atoms with Crippen molar-refractivity contribution in [1.29, 1.82) is 0 Å². The third kappa shape index (κ3) is 5.69. The number of hydrogen-bond acceptors (Lipinski definition) is 3. The van der Waals surface area contributed by atoms with Crippen LogP contribution in [-0.2, 0) is 4.79 Å². The van der Waals surface area contributed by atoms with E-state index in [-0.39, 0.29) is 36.3 Å². The molecule has 6 nitrogen and oxygen atoms in total. The molecule has 2 atom stereocenters. The average molecular weight is 355 g/mol. The monoisotopic (exact) mass is 354 g/mol. The standard InChI is InChI=1S/C17H26N4O2.ClH/c1-13(11-18)16(22)21-10-6-5-9-15(21)12-19-17(23)20-14-7-3-2-4-8-14;/h2-4,7-8,13,15H,5-6,9-12,18H2,1H3,(H2,19,20,23);1H. The molecule has 0 bridgehead atoms. The minimum atomic E-state index is -0.249. The number of carbonyl (C=O) groups excluding carboxylic acids is 2. The zero-order valence-corrected chi connectivity index (χ0v) is 14.8. The second-order valence-corrected chi connectivity index (χ2v) is 6.02. The van der Waals surface area contributed by atoms with Crippen LogP contribution in [0.1, 0.15) is 26.2 Å². The van der Waals surface area contributed by atoms with Crippen molar-refractivity contribution < 1.29 is 9.59 Å². The van der Waals surface area contributed by atoms with Gasteiger partial charge in [-0.15, -0.1) is 12.4 Å². The van der Waals surface area contributed by atoms with Gasteiger partial charge in [0, 0.05) is 37.3 Å². The molecule has 1 heterocycles. The number of halogens is 1. The SMILES string of the molecule is CC(CN)C(=O)N1CCCCC1CNC(=O)Nc1ccccc1.Cl. The summed E-state index contributed by atoms with van der Waals surface area (Å²) in [6, 6.07) is 9.09. The third-order valence-electron chi connectivity index (χ3n) is 4.22. The number of likely N-dealkylation sites (tertiary alicyclic amines) is 1. The van der Waals surface area contributed by atoms with Crippen LogP contribution < -0.4 is 16.4 Å². The fourth-order valence-corrected chi connectivity index (χ4v) is 2.79. The molecule has 1 aliphatic heterocycles. The van der Waals surface area contributed by atoms with Crippen LogP contribution >= 0.6 is 12.4 Å². The number of anilines is 1. The number of carbonyl (C=O) groups is 2. The summed E-state index contributed by atoms with van der Waals surface area (Å²) in [7, 11) is 0. The van der Waals surface area contributed by atoms with Gasteiger partial charge in [-0.05, 0) is 31.4 Å². The van der Waals surface area contributed by atoms with E-state index in [0.29, 0.717) is 13.1 Å². The predicted octanol–water partition coefficient (Wildman–Crippen LogP) is 2.21. The first-order valence-corrected chi connectivity index (χ1v) is 8.22. The summed E-state index contributed by atoms with van der Waals surface area (Å²) in [6.45, 7) is 3.41. The van der Waals surface area contributed by atoms with Crippen molar-refractivity contribution in [2.75, 3.05) is 25.0 Å². The molecule has 4 N–H and O–H groups in total. The van der Waals surface area contributed by atoms with Crippen molar-refractivity contribution in [2.24, 2.45) is 11.7 Å². The maximum atomic E-state index is 12.4. The number of amides is 3. The highest BCUT2D eigenvalue weighted by atomic mass is 35.5. The molecule has 7 heteroatoms. The topological polar surface area (TPSA) is 87.5 Å². The molecule has 134 valence electrons. The van der Waals surface area contributed by atoms with Gasteiger partial charge in [0.1, 0.15) is 0 Å². The van der Waals surface area contributed by atoms with Crippen LogP contribution in [-0.4, -0.2) is 42.5 Å². The molecule has 0 aliphatic carbocycles. The van der Waals surface area contributed by atoms with E-state index in [1.54, 1.807) is 0 Å². The van der Waals surface area contributed by atoms with E-state index in [1.807, 2.05) is 42.2 Å². The van der Waals surface area contributed by atoms with Crippen LogP contribution in [0.15, 0.2) is 30.3 Å². The molecule has 1 aliphatic rings. The van der Waals surface area contributed by atoms with Crippen molar-refractivity contribution in [3.05, 3.63) is 30.3 Å². The highest BCUT2D eigenvalue weighted by Gasteiger charge is 2.29. The molecule has 1 fully saturated rings. The molecule has 1 saturated heterocycles. The molecule has 3 amide bonds. The van der Waals surface area contributed by atoms with E-state index in [2.05, 4.69) is 10.6 Å². The first-order valence-electron chi connectivity index (χ1n) is 8.22. The maximum absolute atomic E-state index is 12.4. The summed E-state index contributed by atoms with van der Waals surface area (Å²) >= 11 is 0. The number of para-hydroxylation sites is 1. The Hall–Kier alpha value is -1.79. The highest BCUT2D eigenvalue weighted by Crippen LogP contribution is 2.19. The molecule has 0 aromatic heterocycles. The van der Waals surface area contributed by atoms with Gasteiger partial charge in [-0.1, -0.05) is 25.1 Å². The Morgan fingerprint density at radius 2 is 2.00 bits per heavy atom. The van der Waals surface area contributed by atoms with Crippen LogP contribution in [0, 0.1) is 5.92 Å². The smallest absolute Gasteiger partial charge is 0.319 e. The van der Waals surface area contributed by atoms with E-state index >= 15 is 0 Å². The number of benzene rings is 1. The van der Waals surface area contributed by atoms with E-state index in [9.17, 15) is 9.59 Å². The zero-order chi connectivity index (χ0) is 16.7. The molecular formula is C17H27ClN4O2. The van der Waals surface area contributed by atoms with Gasteiger partial charge in [-0.3, -0.25) is 4.79 Å². The van der Waals surface area contributed by atoms with Gasteiger partial charge in [0.25, 0.3) is 0 Å². The summed E-state index contributed by atoms with van der Waals surface area (Å²) in [6.07, 6.45) is 3.00. The Balaban J connectivity index is 0.00000288. The Bertz CT molecular complexity index is 527. The summed E-state index contributed by atoms with van der Waals surface area (Å²) < 4.78 is 0. The van der Waals surface area contributed by atoms with Gasteiger partial charge in [0.05, 0.1) is 0 Å². The fourth-order valence-electron chi connectivity index (χ4n) is 2.79. The average Bonchev–Trinajstić information content (AvgIpc) is 2.59. The molecule has 1 aromatic carbocycles. The van der Waals surface area contributed by atoms with E-state index in [1.165, 1.54) is 0 Å². The molecule has 2 unspecified atom stereocenters. The Morgan fingerprint density at radius 1 is 1.29 bits per heavy atom. The number of hydrogen-bond donors (Lipinski definition) is 3. The van der Waals surface area contributed by atoms with Gasteiger partial charge in [0.2, 0.25) is 5.91 Å². The summed E-state index contributed by atoms with van der Waals surface area (Å²) in [4.78, 5) is 26.2. The number of piperidine rings is 1. The van der Waals surface area contributed by atoms with Crippen LogP contribution in [0.3, 0.4) is 0 Å². The molecule has 0 saturated carbocycles. The second-order valence-electron chi connectivity index (χ2n) is 6.02.